The third kappa shape index (κ3) is 45.2. The quantitative estimate of drug-likeness (QED) is 0.0215. The van der Waals surface area contributed by atoms with E-state index in [1.165, 1.54) is 276 Å². The summed E-state index contributed by atoms with van der Waals surface area (Å²) < 4.78 is 11.2. The van der Waals surface area contributed by atoms with Gasteiger partial charge in [-0.2, -0.15) is 0 Å². The number of carbonyl (C=O) groups is 1. The summed E-state index contributed by atoms with van der Waals surface area (Å²) in [5.74, 6) is -0.690. The molecule has 0 radical (unpaired) electrons. The van der Waals surface area contributed by atoms with Crippen molar-refractivity contribution in [3.05, 3.63) is 12.2 Å². The molecule has 11 nitrogen and oxygen atoms in total. The van der Waals surface area contributed by atoms with E-state index in [0.717, 1.165) is 38.5 Å². The van der Waals surface area contributed by atoms with E-state index in [2.05, 4.69) is 31.3 Å². The largest absolute Gasteiger partial charge is 0.394 e. The topological polar surface area (TPSA) is 189 Å². The van der Waals surface area contributed by atoms with Crippen LogP contribution in [-0.4, -0.2) is 110 Å². The van der Waals surface area contributed by atoms with E-state index in [0.29, 0.717) is 19.3 Å². The van der Waals surface area contributed by atoms with Crippen LogP contribution in [0, 0.1) is 0 Å². The first-order valence-corrected chi connectivity index (χ1v) is 35.1. The van der Waals surface area contributed by atoms with E-state index >= 15 is 0 Å². The van der Waals surface area contributed by atoms with E-state index in [1.807, 2.05) is 0 Å². The van der Waals surface area contributed by atoms with Gasteiger partial charge in [0.2, 0.25) is 5.91 Å². The van der Waals surface area contributed by atoms with Gasteiger partial charge in [-0.1, -0.05) is 328 Å². The van der Waals surface area contributed by atoms with Crippen LogP contribution in [0.2, 0.25) is 0 Å². The van der Waals surface area contributed by atoms with Gasteiger partial charge in [0.1, 0.15) is 36.6 Å². The summed E-state index contributed by atoms with van der Waals surface area (Å²) in [5.41, 5.74) is 0. The predicted octanol–water partition coefficient (Wildman–Crippen LogP) is 16.6. The normalized spacial score (nSPS) is 19.2. The fourth-order valence-corrected chi connectivity index (χ4v) is 11.7. The van der Waals surface area contributed by atoms with Gasteiger partial charge in [0, 0.05) is 0 Å². The van der Waals surface area contributed by atoms with Crippen LogP contribution in [0.1, 0.15) is 354 Å². The Hall–Kier alpha value is -1.15. The van der Waals surface area contributed by atoms with Crippen LogP contribution < -0.4 is 5.32 Å². The molecule has 80 heavy (non-hydrogen) atoms. The molecule has 0 aromatic rings. The number of unbranched alkanes of at least 4 members (excludes halogenated alkanes) is 48. The summed E-state index contributed by atoms with van der Waals surface area (Å²) in [6.07, 6.45) is 60.0. The molecule has 0 bridgehead atoms. The SMILES string of the molecule is CCCCCCCCCCCCCC/C=C\CCCCCCCCCCCCCCC(O)C(=O)NC(COC1OC(CO)C(O)C(O)C1O)C(O)C(O)CCCCCCCCCCCCCCCCCCCCCCCCCCC. The molecule has 1 aliphatic heterocycles. The Bertz CT molecular complexity index is 1310. The van der Waals surface area contributed by atoms with Crippen LogP contribution in [0.25, 0.3) is 0 Å². The molecule has 1 rings (SSSR count). The van der Waals surface area contributed by atoms with E-state index in [4.69, 9.17) is 9.47 Å². The number of amides is 1. The third-order valence-electron chi connectivity index (χ3n) is 17.3. The summed E-state index contributed by atoms with van der Waals surface area (Å²) in [6, 6.07) is -1.17. The second-order valence-corrected chi connectivity index (χ2v) is 25.0. The van der Waals surface area contributed by atoms with Crippen molar-refractivity contribution in [1.82, 2.24) is 5.32 Å². The van der Waals surface area contributed by atoms with Gasteiger partial charge in [-0.3, -0.25) is 4.79 Å². The lowest BCUT2D eigenvalue weighted by molar-refractivity contribution is -0.303. The maximum atomic E-state index is 13.3. The Labute approximate surface area is 493 Å². The Kier molecular flexibility index (Phi) is 56.0. The van der Waals surface area contributed by atoms with Crippen molar-refractivity contribution in [2.75, 3.05) is 13.2 Å². The Morgan fingerprint density at radius 3 is 1.05 bits per heavy atom. The zero-order chi connectivity index (χ0) is 58.2. The Morgan fingerprint density at radius 2 is 0.725 bits per heavy atom. The number of rotatable bonds is 62. The fraction of sp³-hybridized carbons (Fsp3) is 0.957. The molecule has 1 aliphatic rings. The minimum atomic E-state index is -1.66. The molecule has 0 spiro atoms. The molecular formula is C69H135NO10. The highest BCUT2D eigenvalue weighted by Gasteiger charge is 2.44. The molecule has 1 heterocycles. The van der Waals surface area contributed by atoms with Crippen molar-refractivity contribution in [1.29, 1.82) is 0 Å². The zero-order valence-corrected chi connectivity index (χ0v) is 52.6. The number of hydrogen-bond acceptors (Lipinski definition) is 10. The van der Waals surface area contributed by atoms with Gasteiger partial charge >= 0.3 is 0 Å². The van der Waals surface area contributed by atoms with Gasteiger partial charge in [-0.25, -0.2) is 0 Å². The van der Waals surface area contributed by atoms with E-state index in [1.54, 1.807) is 0 Å². The van der Waals surface area contributed by atoms with E-state index in [9.17, 15) is 40.5 Å². The van der Waals surface area contributed by atoms with Crippen molar-refractivity contribution in [3.63, 3.8) is 0 Å². The number of aliphatic hydroxyl groups excluding tert-OH is 7. The van der Waals surface area contributed by atoms with Crippen LogP contribution in [0.5, 0.6) is 0 Å². The van der Waals surface area contributed by atoms with Gasteiger partial charge in [0.15, 0.2) is 6.29 Å². The first-order valence-electron chi connectivity index (χ1n) is 35.1. The van der Waals surface area contributed by atoms with Gasteiger partial charge < -0.3 is 50.5 Å². The maximum absolute atomic E-state index is 13.3. The van der Waals surface area contributed by atoms with Gasteiger partial charge in [-0.05, 0) is 38.5 Å². The maximum Gasteiger partial charge on any atom is 0.249 e. The van der Waals surface area contributed by atoms with E-state index in [-0.39, 0.29) is 6.42 Å². The molecule has 476 valence electrons. The number of allylic oxidation sites excluding steroid dienone is 2. The second kappa shape index (κ2) is 58.2. The summed E-state index contributed by atoms with van der Waals surface area (Å²) in [6.45, 7) is 3.52. The van der Waals surface area contributed by atoms with Crippen LogP contribution in [-0.2, 0) is 14.3 Å². The molecule has 11 heteroatoms. The fourth-order valence-electron chi connectivity index (χ4n) is 11.7. The lowest BCUT2D eigenvalue weighted by Crippen LogP contribution is -2.60. The third-order valence-corrected chi connectivity index (χ3v) is 17.3. The lowest BCUT2D eigenvalue weighted by atomic mass is 9.98. The van der Waals surface area contributed by atoms with Crippen molar-refractivity contribution < 1.29 is 50.0 Å². The molecule has 8 N–H and O–H groups in total. The minimum Gasteiger partial charge on any atom is -0.394 e. The van der Waals surface area contributed by atoms with Crippen LogP contribution in [0.4, 0.5) is 0 Å². The van der Waals surface area contributed by atoms with Crippen molar-refractivity contribution in [2.24, 2.45) is 0 Å². The lowest BCUT2D eigenvalue weighted by Gasteiger charge is -2.40. The molecule has 0 saturated carbocycles. The monoisotopic (exact) mass is 1140 g/mol. The van der Waals surface area contributed by atoms with Crippen molar-refractivity contribution >= 4 is 5.91 Å². The van der Waals surface area contributed by atoms with Crippen LogP contribution >= 0.6 is 0 Å². The van der Waals surface area contributed by atoms with Crippen molar-refractivity contribution in [2.45, 2.75) is 409 Å². The molecular weight excluding hydrogens is 1000 g/mol. The van der Waals surface area contributed by atoms with Crippen molar-refractivity contribution in [3.8, 4) is 0 Å². The molecule has 0 aromatic heterocycles. The first-order chi connectivity index (χ1) is 39.2. The molecule has 0 aliphatic carbocycles. The van der Waals surface area contributed by atoms with E-state index < -0.39 is 74.2 Å². The molecule has 1 saturated heterocycles. The highest BCUT2D eigenvalue weighted by molar-refractivity contribution is 5.80. The van der Waals surface area contributed by atoms with Gasteiger partial charge in [0.05, 0.1) is 25.4 Å². The molecule has 1 amide bonds. The molecule has 1 fully saturated rings. The summed E-state index contributed by atoms with van der Waals surface area (Å²) >= 11 is 0. The number of carbonyl (C=O) groups excluding carboxylic acids is 1. The summed E-state index contributed by atoms with van der Waals surface area (Å²) in [4.78, 5) is 13.3. The number of nitrogens with one attached hydrogen (secondary N) is 1. The van der Waals surface area contributed by atoms with Gasteiger partial charge in [0.25, 0.3) is 0 Å². The smallest absolute Gasteiger partial charge is 0.249 e. The summed E-state index contributed by atoms with van der Waals surface area (Å²) in [7, 11) is 0. The number of aliphatic hydroxyl groups is 7. The average molecular weight is 1140 g/mol. The molecule has 9 unspecified atom stereocenters. The highest BCUT2D eigenvalue weighted by atomic mass is 16.7. The molecule has 0 aromatic carbocycles. The molecule has 9 atom stereocenters. The first kappa shape index (κ1) is 76.9. The zero-order valence-electron chi connectivity index (χ0n) is 52.6. The average Bonchev–Trinajstić information content (AvgIpc) is 3.47. The highest BCUT2D eigenvalue weighted by Crippen LogP contribution is 2.24. The Morgan fingerprint density at radius 1 is 0.425 bits per heavy atom. The minimum absolute atomic E-state index is 0.263. The standard InChI is InChI=1S/C69H135NO10/c1-3-5-7-9-11-13-15-17-19-21-23-25-27-29-30-31-33-35-37-39-41-43-45-47-49-51-53-55-57-62(73)68(78)70-60(59-79-69-67(77)66(76)65(75)63(58-71)80-69)64(74)61(72)56-54-52-50-48-46-44-42-40-38-36-34-32-28-26-24-22-20-18-16-14-12-10-8-6-4-2/h29-30,60-67,69,71-77H,3-28,31-59H2,1-2H3,(H,70,78)/b30-29-. The number of hydrogen-bond donors (Lipinski definition) is 8. The summed E-state index contributed by atoms with van der Waals surface area (Å²) in [5, 5.41) is 76.5. The number of ether oxygens (including phenoxy) is 2. The van der Waals surface area contributed by atoms with Gasteiger partial charge in [-0.15, -0.1) is 0 Å². The Balaban J connectivity index is 2.20. The van der Waals surface area contributed by atoms with Crippen LogP contribution in [0.15, 0.2) is 12.2 Å². The predicted molar refractivity (Wildman–Crippen MR) is 335 cm³/mol. The van der Waals surface area contributed by atoms with Crippen LogP contribution in [0.3, 0.4) is 0 Å². The second-order valence-electron chi connectivity index (χ2n) is 25.0.